The van der Waals surface area contributed by atoms with E-state index in [-0.39, 0.29) is 0 Å². The van der Waals surface area contributed by atoms with E-state index in [1.807, 2.05) is 42.5 Å². The highest BCUT2D eigenvalue weighted by Crippen LogP contribution is 2.25. The second-order valence-electron chi connectivity index (χ2n) is 2.91. The lowest BCUT2D eigenvalue weighted by Crippen LogP contribution is -1.81. The molecule has 0 N–H and O–H groups in total. The molecule has 0 amide bonds. The molecule has 2 aromatic rings. The summed E-state index contributed by atoms with van der Waals surface area (Å²) in [7, 11) is 0. The Morgan fingerprint density at radius 2 is 1.79 bits per heavy atom. The van der Waals surface area contributed by atoms with Crippen LogP contribution in [-0.4, -0.2) is 0 Å². The Balaban J connectivity index is 2.50. The zero-order valence-corrected chi connectivity index (χ0v) is 10.2. The number of hydrogen-bond donors (Lipinski definition) is 0. The molecule has 0 aliphatic heterocycles. The van der Waals surface area contributed by atoms with Crippen molar-refractivity contribution in [2.75, 3.05) is 0 Å². The van der Waals surface area contributed by atoms with Crippen LogP contribution in [-0.2, 0) is 0 Å². The Hall–Kier alpha value is -0.540. The second kappa shape index (κ2) is 4.32. The summed E-state index contributed by atoms with van der Waals surface area (Å²) in [5.41, 5.74) is 2.38. The van der Waals surface area contributed by atoms with E-state index in [4.69, 9.17) is 11.6 Å². The maximum absolute atomic E-state index is 5.83. The highest BCUT2D eigenvalue weighted by atomic mass is 127. The molecule has 0 atom stereocenters. The number of halogens is 2. The van der Waals surface area contributed by atoms with Crippen molar-refractivity contribution < 1.29 is 0 Å². The third-order valence-electron chi connectivity index (χ3n) is 1.97. The lowest BCUT2D eigenvalue weighted by atomic mass is 10.1. The van der Waals surface area contributed by atoms with Crippen molar-refractivity contribution in [1.82, 2.24) is 0 Å². The lowest BCUT2D eigenvalue weighted by molar-refractivity contribution is 1.57. The molecule has 0 aromatic heterocycles. The summed E-state index contributed by atoms with van der Waals surface area (Å²) in [4.78, 5) is 0. The minimum Gasteiger partial charge on any atom is -0.0843 e. The fourth-order valence-corrected chi connectivity index (χ4v) is 2.04. The number of hydrogen-bond acceptors (Lipinski definition) is 0. The SMILES string of the molecule is Clc1ccc(-c2c[c]ccc2I)cc1. The van der Waals surface area contributed by atoms with Gasteiger partial charge in [0.05, 0.1) is 0 Å². The van der Waals surface area contributed by atoms with E-state index in [9.17, 15) is 0 Å². The van der Waals surface area contributed by atoms with Gasteiger partial charge in [-0.25, -0.2) is 0 Å². The van der Waals surface area contributed by atoms with Gasteiger partial charge in [0.2, 0.25) is 0 Å². The van der Waals surface area contributed by atoms with Crippen molar-refractivity contribution in [1.29, 1.82) is 0 Å². The molecule has 0 heterocycles. The predicted octanol–water partition coefficient (Wildman–Crippen LogP) is 4.41. The normalized spacial score (nSPS) is 10.1. The van der Waals surface area contributed by atoms with Crippen LogP contribution in [0.3, 0.4) is 0 Å². The van der Waals surface area contributed by atoms with Crippen molar-refractivity contribution in [3.63, 3.8) is 0 Å². The summed E-state index contributed by atoms with van der Waals surface area (Å²) in [6.07, 6.45) is 0. The largest absolute Gasteiger partial charge is 0.0843 e. The van der Waals surface area contributed by atoms with Crippen LogP contribution >= 0.6 is 34.2 Å². The van der Waals surface area contributed by atoms with Gasteiger partial charge in [-0.1, -0.05) is 29.8 Å². The topological polar surface area (TPSA) is 0 Å². The molecule has 69 valence electrons. The summed E-state index contributed by atoms with van der Waals surface area (Å²) >= 11 is 8.15. The van der Waals surface area contributed by atoms with Gasteiger partial charge in [-0.2, -0.15) is 0 Å². The maximum atomic E-state index is 5.83. The molecule has 0 aliphatic carbocycles. The molecule has 2 aromatic carbocycles. The molecular formula is C12H7ClI. The predicted molar refractivity (Wildman–Crippen MR) is 68.4 cm³/mol. The summed E-state index contributed by atoms with van der Waals surface area (Å²) < 4.78 is 1.23. The van der Waals surface area contributed by atoms with Crippen molar-refractivity contribution in [2.45, 2.75) is 0 Å². The van der Waals surface area contributed by atoms with E-state index in [0.29, 0.717) is 0 Å². The van der Waals surface area contributed by atoms with Gasteiger partial charge >= 0.3 is 0 Å². The molecule has 1 radical (unpaired) electrons. The van der Waals surface area contributed by atoms with Crippen LogP contribution < -0.4 is 0 Å². The molecule has 0 spiro atoms. The van der Waals surface area contributed by atoms with Gasteiger partial charge in [0.25, 0.3) is 0 Å². The summed E-state index contributed by atoms with van der Waals surface area (Å²) in [6.45, 7) is 0. The Labute approximate surface area is 102 Å². The van der Waals surface area contributed by atoms with Crippen LogP contribution in [0.5, 0.6) is 0 Å². The average Bonchev–Trinajstić information content (AvgIpc) is 2.20. The highest BCUT2D eigenvalue weighted by Gasteiger charge is 2.00. The van der Waals surface area contributed by atoms with E-state index >= 15 is 0 Å². The molecule has 0 unspecified atom stereocenters. The number of benzene rings is 2. The van der Waals surface area contributed by atoms with E-state index in [2.05, 4.69) is 28.7 Å². The summed E-state index contributed by atoms with van der Waals surface area (Å²) in [5, 5.41) is 0.767. The van der Waals surface area contributed by atoms with Crippen LogP contribution in [0.25, 0.3) is 11.1 Å². The average molecular weight is 314 g/mol. The van der Waals surface area contributed by atoms with E-state index in [1.54, 1.807) is 0 Å². The van der Waals surface area contributed by atoms with Crippen LogP contribution in [0.15, 0.2) is 42.5 Å². The molecule has 14 heavy (non-hydrogen) atoms. The van der Waals surface area contributed by atoms with Crippen molar-refractivity contribution in [3.8, 4) is 11.1 Å². The van der Waals surface area contributed by atoms with Crippen LogP contribution in [0, 0.1) is 9.64 Å². The molecule has 0 saturated heterocycles. The third-order valence-corrected chi connectivity index (χ3v) is 3.16. The van der Waals surface area contributed by atoms with Gasteiger partial charge in [0, 0.05) is 8.59 Å². The van der Waals surface area contributed by atoms with Crippen molar-refractivity contribution in [3.05, 3.63) is 57.1 Å². The van der Waals surface area contributed by atoms with E-state index in [0.717, 1.165) is 5.02 Å². The van der Waals surface area contributed by atoms with Gasteiger partial charge < -0.3 is 0 Å². The zero-order valence-electron chi connectivity index (χ0n) is 7.30. The molecular weight excluding hydrogens is 306 g/mol. The first-order chi connectivity index (χ1) is 6.77. The lowest BCUT2D eigenvalue weighted by Gasteiger charge is -2.03. The van der Waals surface area contributed by atoms with Gasteiger partial charge in [-0.05, 0) is 64.0 Å². The maximum Gasteiger partial charge on any atom is 0.0406 e. The molecule has 2 heteroatoms. The van der Waals surface area contributed by atoms with Gasteiger partial charge in [-0.15, -0.1) is 0 Å². The fraction of sp³-hybridized carbons (Fsp3) is 0. The number of rotatable bonds is 1. The highest BCUT2D eigenvalue weighted by molar-refractivity contribution is 14.1. The molecule has 0 bridgehead atoms. The second-order valence-corrected chi connectivity index (χ2v) is 4.51. The van der Waals surface area contributed by atoms with Gasteiger partial charge in [-0.3, -0.25) is 0 Å². The van der Waals surface area contributed by atoms with Crippen molar-refractivity contribution in [2.24, 2.45) is 0 Å². The fourth-order valence-electron chi connectivity index (χ4n) is 1.26. The van der Waals surface area contributed by atoms with Crippen molar-refractivity contribution >= 4 is 34.2 Å². The smallest absolute Gasteiger partial charge is 0.0406 e. The minimum atomic E-state index is 0.767. The van der Waals surface area contributed by atoms with Gasteiger partial charge in [0.15, 0.2) is 0 Å². The Kier molecular flexibility index (Phi) is 3.08. The van der Waals surface area contributed by atoms with Crippen LogP contribution in [0.4, 0.5) is 0 Å². The summed E-state index contributed by atoms with van der Waals surface area (Å²) in [5.74, 6) is 0. The van der Waals surface area contributed by atoms with Gasteiger partial charge in [0.1, 0.15) is 0 Å². The Morgan fingerprint density at radius 1 is 1.07 bits per heavy atom. The summed E-state index contributed by atoms with van der Waals surface area (Å²) in [6, 6.07) is 16.9. The first-order valence-electron chi connectivity index (χ1n) is 4.19. The Bertz CT molecular complexity index is 434. The quantitative estimate of drug-likeness (QED) is 0.684. The zero-order chi connectivity index (χ0) is 9.97. The molecule has 0 nitrogen and oxygen atoms in total. The van der Waals surface area contributed by atoms with Crippen LogP contribution in [0.1, 0.15) is 0 Å². The molecule has 2 rings (SSSR count). The van der Waals surface area contributed by atoms with E-state index in [1.165, 1.54) is 14.7 Å². The Morgan fingerprint density at radius 3 is 2.43 bits per heavy atom. The standard InChI is InChI=1S/C12H7ClI/c13-10-7-5-9(6-8-10)11-3-1-2-4-12(11)14/h2-8H. The first kappa shape index (κ1) is 9.99. The third kappa shape index (κ3) is 2.10. The molecule has 0 aliphatic rings. The van der Waals surface area contributed by atoms with E-state index < -0.39 is 0 Å². The molecule has 0 saturated carbocycles. The monoisotopic (exact) mass is 313 g/mol. The first-order valence-corrected chi connectivity index (χ1v) is 5.64. The molecule has 0 fully saturated rings. The van der Waals surface area contributed by atoms with Crippen LogP contribution in [0.2, 0.25) is 5.02 Å². The minimum absolute atomic E-state index is 0.767.